The summed E-state index contributed by atoms with van der Waals surface area (Å²) in [4.78, 5) is 2.19. The first kappa shape index (κ1) is 14.1. The summed E-state index contributed by atoms with van der Waals surface area (Å²) in [6, 6.07) is 0.469. The van der Waals surface area contributed by atoms with E-state index in [1.807, 2.05) is 0 Å². The van der Waals surface area contributed by atoms with Crippen molar-refractivity contribution < 1.29 is 13.2 Å². The van der Waals surface area contributed by atoms with Crippen molar-refractivity contribution in [1.29, 1.82) is 0 Å². The Kier molecular flexibility index (Phi) is 4.54. The Bertz CT molecular complexity index is 259. The summed E-state index contributed by atoms with van der Waals surface area (Å²) < 4.78 is 37.6. The Labute approximate surface area is 107 Å². The predicted octanol–water partition coefficient (Wildman–Crippen LogP) is 2.65. The second-order valence-electron chi connectivity index (χ2n) is 5.90. The first-order valence-corrected chi connectivity index (χ1v) is 6.97. The average molecular weight is 264 g/mol. The van der Waals surface area contributed by atoms with Gasteiger partial charge >= 0.3 is 6.18 Å². The molecule has 106 valence electrons. The molecule has 0 amide bonds. The van der Waals surface area contributed by atoms with Gasteiger partial charge in [0.1, 0.15) is 0 Å². The molecule has 0 aromatic heterocycles. The maximum Gasteiger partial charge on any atom is 0.391 e. The van der Waals surface area contributed by atoms with Gasteiger partial charge in [-0.15, -0.1) is 0 Å². The summed E-state index contributed by atoms with van der Waals surface area (Å²) in [7, 11) is 0. The molecule has 0 aromatic carbocycles. The van der Waals surface area contributed by atoms with E-state index in [1.54, 1.807) is 0 Å². The van der Waals surface area contributed by atoms with E-state index in [0.29, 0.717) is 19.1 Å². The van der Waals surface area contributed by atoms with Crippen LogP contribution in [0.4, 0.5) is 13.2 Å². The minimum atomic E-state index is -4.00. The third kappa shape index (κ3) is 3.85. The lowest BCUT2D eigenvalue weighted by Crippen LogP contribution is -2.48. The minimum absolute atomic E-state index is 0.270. The van der Waals surface area contributed by atoms with Gasteiger partial charge in [-0.3, -0.25) is 0 Å². The van der Waals surface area contributed by atoms with E-state index in [9.17, 15) is 13.2 Å². The van der Waals surface area contributed by atoms with E-state index < -0.39 is 12.1 Å². The zero-order valence-electron chi connectivity index (χ0n) is 11.0. The van der Waals surface area contributed by atoms with Crippen molar-refractivity contribution in [2.24, 2.45) is 11.8 Å². The van der Waals surface area contributed by atoms with E-state index in [2.05, 4.69) is 17.1 Å². The van der Waals surface area contributed by atoms with Gasteiger partial charge in [0.05, 0.1) is 5.92 Å². The minimum Gasteiger partial charge on any atom is -0.313 e. The van der Waals surface area contributed by atoms with Gasteiger partial charge in [-0.05, 0) is 51.2 Å². The van der Waals surface area contributed by atoms with Crippen LogP contribution < -0.4 is 5.32 Å². The number of alkyl halides is 3. The van der Waals surface area contributed by atoms with Crippen LogP contribution in [-0.4, -0.2) is 43.3 Å². The van der Waals surface area contributed by atoms with Crippen LogP contribution >= 0.6 is 0 Å². The Morgan fingerprint density at radius 3 is 2.39 bits per heavy atom. The van der Waals surface area contributed by atoms with Crippen molar-refractivity contribution in [3.8, 4) is 0 Å². The van der Waals surface area contributed by atoms with Crippen LogP contribution in [0, 0.1) is 11.8 Å². The van der Waals surface area contributed by atoms with E-state index in [0.717, 1.165) is 25.4 Å². The van der Waals surface area contributed by atoms with Crippen LogP contribution in [0.3, 0.4) is 0 Å². The average Bonchev–Trinajstić information content (AvgIpc) is 2.28. The number of likely N-dealkylation sites (tertiary alicyclic amines) is 1. The molecule has 0 spiro atoms. The van der Waals surface area contributed by atoms with Crippen LogP contribution in [0.2, 0.25) is 0 Å². The molecular formula is C13H23F3N2. The fourth-order valence-electron chi connectivity index (χ4n) is 3.11. The highest BCUT2D eigenvalue weighted by Gasteiger charge is 2.41. The summed E-state index contributed by atoms with van der Waals surface area (Å²) in [5.74, 6) is -0.337. The van der Waals surface area contributed by atoms with Crippen LogP contribution in [0.25, 0.3) is 0 Å². The van der Waals surface area contributed by atoms with Crippen LogP contribution in [-0.2, 0) is 0 Å². The van der Waals surface area contributed by atoms with Crippen molar-refractivity contribution in [1.82, 2.24) is 10.2 Å². The van der Waals surface area contributed by atoms with Crippen LogP contribution in [0.15, 0.2) is 0 Å². The molecule has 2 nitrogen and oxygen atoms in total. The molecule has 2 aliphatic heterocycles. The standard InChI is InChI=1S/C13H23F3N2/c1-10-2-5-17-12(8-10)9-18-6-3-11(4-7-18)13(14,15)16/h10-12,17H,2-9H2,1H3. The molecule has 2 rings (SSSR count). The van der Waals surface area contributed by atoms with Crippen molar-refractivity contribution in [2.75, 3.05) is 26.2 Å². The summed E-state index contributed by atoms with van der Waals surface area (Å²) in [5.41, 5.74) is 0. The zero-order valence-corrected chi connectivity index (χ0v) is 11.0. The first-order valence-electron chi connectivity index (χ1n) is 6.97. The number of nitrogens with zero attached hydrogens (tertiary/aromatic N) is 1. The highest BCUT2D eigenvalue weighted by atomic mass is 19.4. The molecular weight excluding hydrogens is 241 g/mol. The Morgan fingerprint density at radius 2 is 1.83 bits per heavy atom. The lowest BCUT2D eigenvalue weighted by atomic mass is 9.92. The molecule has 0 aromatic rings. The molecule has 0 radical (unpaired) electrons. The number of hydrogen-bond acceptors (Lipinski definition) is 2. The normalized spacial score (nSPS) is 32.7. The van der Waals surface area contributed by atoms with Gasteiger partial charge in [0, 0.05) is 12.6 Å². The first-order chi connectivity index (χ1) is 8.45. The van der Waals surface area contributed by atoms with Crippen molar-refractivity contribution in [3.63, 3.8) is 0 Å². The molecule has 2 saturated heterocycles. The van der Waals surface area contributed by atoms with Gasteiger partial charge in [-0.2, -0.15) is 13.2 Å². The smallest absolute Gasteiger partial charge is 0.313 e. The quantitative estimate of drug-likeness (QED) is 0.825. The lowest BCUT2D eigenvalue weighted by Gasteiger charge is -2.37. The molecule has 2 unspecified atom stereocenters. The second-order valence-corrected chi connectivity index (χ2v) is 5.90. The van der Waals surface area contributed by atoms with Gasteiger partial charge in [0.25, 0.3) is 0 Å². The van der Waals surface area contributed by atoms with Gasteiger partial charge in [0.2, 0.25) is 0 Å². The van der Waals surface area contributed by atoms with E-state index >= 15 is 0 Å². The molecule has 2 aliphatic rings. The Morgan fingerprint density at radius 1 is 1.17 bits per heavy atom. The number of halogens is 3. The lowest BCUT2D eigenvalue weighted by molar-refractivity contribution is -0.185. The fraction of sp³-hybridized carbons (Fsp3) is 1.00. The van der Waals surface area contributed by atoms with Gasteiger partial charge in [0.15, 0.2) is 0 Å². The molecule has 0 bridgehead atoms. The van der Waals surface area contributed by atoms with Crippen molar-refractivity contribution in [3.05, 3.63) is 0 Å². The topological polar surface area (TPSA) is 15.3 Å². The SMILES string of the molecule is CC1CCNC(CN2CCC(C(F)(F)F)CC2)C1. The highest BCUT2D eigenvalue weighted by molar-refractivity contribution is 4.83. The molecule has 2 heterocycles. The van der Waals surface area contributed by atoms with Gasteiger partial charge in [-0.1, -0.05) is 6.92 Å². The van der Waals surface area contributed by atoms with E-state index in [4.69, 9.17) is 0 Å². The number of hydrogen-bond donors (Lipinski definition) is 1. The third-order valence-electron chi connectivity index (χ3n) is 4.29. The summed E-state index contributed by atoms with van der Waals surface area (Å²) >= 11 is 0. The molecule has 18 heavy (non-hydrogen) atoms. The van der Waals surface area contributed by atoms with Crippen LogP contribution in [0.1, 0.15) is 32.6 Å². The second kappa shape index (κ2) is 5.78. The van der Waals surface area contributed by atoms with Crippen LogP contribution in [0.5, 0.6) is 0 Å². The van der Waals surface area contributed by atoms with Crippen molar-refractivity contribution >= 4 is 0 Å². The maximum absolute atomic E-state index is 12.5. The zero-order chi connectivity index (χ0) is 13.2. The highest BCUT2D eigenvalue weighted by Crippen LogP contribution is 2.34. The largest absolute Gasteiger partial charge is 0.391 e. The fourth-order valence-corrected chi connectivity index (χ4v) is 3.11. The molecule has 1 N–H and O–H groups in total. The Hall–Kier alpha value is -0.290. The number of piperidine rings is 2. The summed E-state index contributed by atoms with van der Waals surface area (Å²) in [5, 5.41) is 3.47. The van der Waals surface area contributed by atoms with Crippen molar-refractivity contribution in [2.45, 2.75) is 44.8 Å². The maximum atomic E-state index is 12.5. The molecule has 0 aliphatic carbocycles. The Balaban J connectivity index is 1.73. The molecule has 2 fully saturated rings. The van der Waals surface area contributed by atoms with E-state index in [-0.39, 0.29) is 12.8 Å². The monoisotopic (exact) mass is 264 g/mol. The van der Waals surface area contributed by atoms with Gasteiger partial charge < -0.3 is 10.2 Å². The number of nitrogens with one attached hydrogen (secondary N) is 1. The van der Waals surface area contributed by atoms with Gasteiger partial charge in [-0.25, -0.2) is 0 Å². The number of rotatable bonds is 2. The molecule has 5 heteroatoms. The summed E-state index contributed by atoms with van der Waals surface area (Å²) in [6.07, 6.45) is -1.09. The summed E-state index contributed by atoms with van der Waals surface area (Å²) in [6.45, 7) is 5.40. The molecule has 0 saturated carbocycles. The molecule has 2 atom stereocenters. The van der Waals surface area contributed by atoms with E-state index in [1.165, 1.54) is 6.42 Å². The predicted molar refractivity (Wildman–Crippen MR) is 65.4 cm³/mol. The third-order valence-corrected chi connectivity index (χ3v) is 4.29.